The molecule has 0 saturated carbocycles. The van der Waals surface area contributed by atoms with Crippen LogP contribution in [0.3, 0.4) is 0 Å². The second-order valence-electron chi connectivity index (χ2n) is 6.02. The number of hydrogen-bond donors (Lipinski definition) is 1. The number of aromatic nitrogens is 1. The van der Waals surface area contributed by atoms with Gasteiger partial charge in [-0.1, -0.05) is 26.0 Å². The van der Waals surface area contributed by atoms with Crippen LogP contribution < -0.4 is 5.56 Å². The third-order valence-corrected chi connectivity index (χ3v) is 4.05. The zero-order valence-electron chi connectivity index (χ0n) is 14.8. The molecule has 134 valence electrons. The smallest absolute Gasteiger partial charge is 0.340 e. The van der Waals surface area contributed by atoms with Crippen LogP contribution in [0, 0.1) is 5.82 Å². The summed E-state index contributed by atoms with van der Waals surface area (Å²) in [5.41, 5.74) is 1.22. The number of hydrogen-bond acceptors (Lipinski definition) is 4. The van der Waals surface area contributed by atoms with Gasteiger partial charge in [0.05, 0.1) is 24.3 Å². The van der Waals surface area contributed by atoms with Gasteiger partial charge in [-0.3, -0.25) is 4.79 Å². The van der Waals surface area contributed by atoms with E-state index in [-0.39, 0.29) is 23.7 Å². The summed E-state index contributed by atoms with van der Waals surface area (Å²) in [6.45, 7) is 5.06. The monoisotopic (exact) mass is 347 g/mol. The minimum atomic E-state index is -0.573. The number of carbonyl (C=O) groups is 1. The molecule has 0 unspecified atom stereocenters. The molecular weight excluding hydrogens is 325 g/mol. The lowest BCUT2D eigenvalue weighted by molar-refractivity contribution is 0.0524. The first-order valence-corrected chi connectivity index (χ1v) is 8.13. The Morgan fingerprint density at radius 2 is 1.88 bits per heavy atom. The maximum absolute atomic E-state index is 13.3. The number of nitrogens with zero attached hydrogens (tertiary/aromatic N) is 1. The molecule has 0 amide bonds. The van der Waals surface area contributed by atoms with Crippen molar-refractivity contribution in [1.82, 2.24) is 4.57 Å². The summed E-state index contributed by atoms with van der Waals surface area (Å²) in [4.78, 5) is 25.4. The number of carbonyl (C=O) groups excluding carboxylic acids is 1. The summed E-state index contributed by atoms with van der Waals surface area (Å²) < 4.78 is 19.9. The molecule has 6 heteroatoms. The van der Waals surface area contributed by atoms with Gasteiger partial charge in [-0.15, -0.1) is 0 Å². The van der Waals surface area contributed by atoms with Gasteiger partial charge < -0.3 is 14.4 Å². The number of benzene rings is 1. The number of ether oxygens (including phenoxy) is 1. The van der Waals surface area contributed by atoms with E-state index in [1.165, 1.54) is 28.8 Å². The highest BCUT2D eigenvalue weighted by Gasteiger charge is 2.27. The Bertz CT molecular complexity index is 838. The van der Waals surface area contributed by atoms with Gasteiger partial charge in [-0.2, -0.15) is 0 Å². The SMILES string of the molecule is CCOC(=O)c1c(-c2ccc(F)cc2)c(CO)c(=O)n(C)c1C(C)C. The van der Waals surface area contributed by atoms with E-state index in [1.807, 2.05) is 13.8 Å². The highest BCUT2D eigenvalue weighted by molar-refractivity contribution is 5.99. The predicted molar refractivity (Wildman–Crippen MR) is 93.0 cm³/mol. The highest BCUT2D eigenvalue weighted by atomic mass is 19.1. The number of aliphatic hydroxyl groups excluding tert-OH is 1. The number of esters is 1. The van der Waals surface area contributed by atoms with Crippen LogP contribution in [0.1, 0.15) is 48.3 Å². The zero-order valence-corrected chi connectivity index (χ0v) is 14.8. The van der Waals surface area contributed by atoms with Gasteiger partial charge in [0.1, 0.15) is 5.82 Å². The largest absolute Gasteiger partial charge is 0.462 e. The molecule has 0 aliphatic heterocycles. The Balaban J connectivity index is 2.97. The standard InChI is InChI=1S/C19H22FNO4/c1-5-25-19(24)16-15(12-6-8-13(20)9-7-12)14(10-22)18(23)21(4)17(16)11(2)3/h6-9,11,22H,5,10H2,1-4H3. The fourth-order valence-corrected chi connectivity index (χ4v) is 3.03. The summed E-state index contributed by atoms with van der Waals surface area (Å²) in [5, 5.41) is 9.77. The summed E-state index contributed by atoms with van der Waals surface area (Å²) in [6.07, 6.45) is 0. The molecule has 0 aliphatic carbocycles. The van der Waals surface area contributed by atoms with Crippen molar-refractivity contribution in [3.63, 3.8) is 0 Å². The predicted octanol–water partition coefficient (Wildman–Crippen LogP) is 2.98. The van der Waals surface area contributed by atoms with Crippen molar-refractivity contribution < 1.29 is 19.0 Å². The van der Waals surface area contributed by atoms with E-state index in [1.54, 1.807) is 14.0 Å². The Hall–Kier alpha value is -2.47. The normalized spacial score (nSPS) is 11.0. The molecule has 2 aromatic rings. The number of halogens is 1. The molecule has 1 aromatic heterocycles. The van der Waals surface area contributed by atoms with Crippen LogP contribution in [-0.4, -0.2) is 22.2 Å². The summed E-state index contributed by atoms with van der Waals surface area (Å²) in [7, 11) is 1.56. The molecule has 25 heavy (non-hydrogen) atoms. The van der Waals surface area contributed by atoms with Crippen LogP contribution in [0.2, 0.25) is 0 Å². The molecular formula is C19H22FNO4. The van der Waals surface area contributed by atoms with Crippen LogP contribution in [0.25, 0.3) is 11.1 Å². The van der Waals surface area contributed by atoms with Gasteiger partial charge >= 0.3 is 5.97 Å². The van der Waals surface area contributed by atoms with Crippen LogP contribution in [0.15, 0.2) is 29.1 Å². The molecule has 0 aliphatic rings. The van der Waals surface area contributed by atoms with Crippen molar-refractivity contribution in [2.24, 2.45) is 7.05 Å². The molecule has 1 N–H and O–H groups in total. The van der Waals surface area contributed by atoms with Crippen LogP contribution in [0.5, 0.6) is 0 Å². The Morgan fingerprint density at radius 3 is 2.36 bits per heavy atom. The fraction of sp³-hybridized carbons (Fsp3) is 0.368. The van der Waals surface area contributed by atoms with Crippen molar-refractivity contribution in [2.75, 3.05) is 6.61 Å². The summed E-state index contributed by atoms with van der Waals surface area (Å²) in [6, 6.07) is 5.46. The second-order valence-corrected chi connectivity index (χ2v) is 6.02. The lowest BCUT2D eigenvalue weighted by Crippen LogP contribution is -2.30. The fourth-order valence-electron chi connectivity index (χ4n) is 3.03. The molecule has 0 spiro atoms. The van der Waals surface area contributed by atoms with Crippen molar-refractivity contribution in [2.45, 2.75) is 33.3 Å². The molecule has 1 heterocycles. The van der Waals surface area contributed by atoms with Crippen LogP contribution >= 0.6 is 0 Å². The minimum Gasteiger partial charge on any atom is -0.462 e. The van der Waals surface area contributed by atoms with E-state index in [4.69, 9.17) is 4.74 Å². The third kappa shape index (κ3) is 3.49. The topological polar surface area (TPSA) is 68.5 Å². The average Bonchev–Trinajstić information content (AvgIpc) is 2.57. The van der Waals surface area contributed by atoms with E-state index in [2.05, 4.69) is 0 Å². The Labute approximate surface area is 145 Å². The second kappa shape index (κ2) is 7.61. The first kappa shape index (κ1) is 18.9. The zero-order chi connectivity index (χ0) is 18.7. The first-order chi connectivity index (χ1) is 11.8. The summed E-state index contributed by atoms with van der Waals surface area (Å²) >= 11 is 0. The van der Waals surface area contributed by atoms with E-state index < -0.39 is 24.0 Å². The van der Waals surface area contributed by atoms with Gasteiger partial charge in [-0.25, -0.2) is 9.18 Å². The van der Waals surface area contributed by atoms with Gasteiger partial charge in [-0.05, 0) is 30.5 Å². The van der Waals surface area contributed by atoms with E-state index in [0.717, 1.165) is 0 Å². The molecule has 0 bridgehead atoms. The molecule has 5 nitrogen and oxygen atoms in total. The third-order valence-electron chi connectivity index (χ3n) is 4.05. The maximum atomic E-state index is 13.3. The number of pyridine rings is 1. The Kier molecular flexibility index (Phi) is 5.74. The average molecular weight is 347 g/mol. The lowest BCUT2D eigenvalue weighted by atomic mass is 9.90. The van der Waals surface area contributed by atoms with Gasteiger partial charge in [0.2, 0.25) is 0 Å². The van der Waals surface area contributed by atoms with Crippen molar-refractivity contribution in [3.05, 3.63) is 57.3 Å². The quantitative estimate of drug-likeness (QED) is 0.844. The van der Waals surface area contributed by atoms with E-state index >= 15 is 0 Å². The molecule has 0 atom stereocenters. The molecule has 0 saturated heterocycles. The van der Waals surface area contributed by atoms with Gasteiger partial charge in [0.15, 0.2) is 0 Å². The number of rotatable bonds is 5. The Morgan fingerprint density at radius 1 is 1.28 bits per heavy atom. The molecule has 2 rings (SSSR count). The highest BCUT2D eigenvalue weighted by Crippen LogP contribution is 2.32. The van der Waals surface area contributed by atoms with Crippen molar-refractivity contribution in [3.8, 4) is 11.1 Å². The summed E-state index contributed by atoms with van der Waals surface area (Å²) in [5.74, 6) is -1.14. The van der Waals surface area contributed by atoms with E-state index in [9.17, 15) is 19.1 Å². The van der Waals surface area contributed by atoms with Gasteiger partial charge in [0, 0.05) is 18.3 Å². The van der Waals surface area contributed by atoms with Crippen LogP contribution in [0.4, 0.5) is 4.39 Å². The number of aliphatic hydroxyl groups is 1. The lowest BCUT2D eigenvalue weighted by Gasteiger charge is -2.22. The van der Waals surface area contributed by atoms with Crippen LogP contribution in [-0.2, 0) is 18.4 Å². The molecule has 0 fully saturated rings. The first-order valence-electron chi connectivity index (χ1n) is 8.13. The van der Waals surface area contributed by atoms with Crippen molar-refractivity contribution in [1.29, 1.82) is 0 Å². The minimum absolute atomic E-state index is 0.0848. The van der Waals surface area contributed by atoms with Gasteiger partial charge in [0.25, 0.3) is 5.56 Å². The van der Waals surface area contributed by atoms with E-state index in [0.29, 0.717) is 16.8 Å². The molecule has 0 radical (unpaired) electrons. The van der Waals surface area contributed by atoms with Crippen molar-refractivity contribution >= 4 is 5.97 Å². The maximum Gasteiger partial charge on any atom is 0.340 e. The molecule has 1 aromatic carbocycles.